The highest BCUT2D eigenvalue weighted by Gasteiger charge is 2.35. The van der Waals surface area contributed by atoms with Gasteiger partial charge in [0, 0.05) is 5.56 Å². The third-order valence-corrected chi connectivity index (χ3v) is 4.93. The minimum absolute atomic E-state index is 0.0365. The Hall–Kier alpha value is -2.67. The Morgan fingerprint density at radius 3 is 2.69 bits per heavy atom. The molecule has 1 saturated heterocycles. The molecule has 7 heteroatoms. The smallest absolute Gasteiger partial charge is 0.242 e. The maximum atomic E-state index is 13.1. The molecule has 0 N–H and O–H groups in total. The summed E-state index contributed by atoms with van der Waals surface area (Å²) >= 11 is 1.36. The molecule has 1 aliphatic heterocycles. The molecule has 1 atom stereocenters. The van der Waals surface area contributed by atoms with Crippen LogP contribution in [0.2, 0.25) is 0 Å². The summed E-state index contributed by atoms with van der Waals surface area (Å²) in [6.45, 7) is 2.16. The van der Waals surface area contributed by atoms with Gasteiger partial charge in [0.2, 0.25) is 5.91 Å². The van der Waals surface area contributed by atoms with Gasteiger partial charge in [-0.1, -0.05) is 36.0 Å². The number of carbonyl (C=O) groups is 1. The SMILES string of the molecule is COc1ccccc1C=NN=C1SC(C)C(=O)N1Cc1ccc(F)cc1. The van der Waals surface area contributed by atoms with E-state index in [4.69, 9.17) is 4.74 Å². The Balaban J connectivity index is 1.79. The van der Waals surface area contributed by atoms with Gasteiger partial charge in [-0.15, -0.1) is 5.10 Å². The van der Waals surface area contributed by atoms with Crippen LogP contribution in [0.4, 0.5) is 4.39 Å². The molecule has 3 rings (SSSR count). The van der Waals surface area contributed by atoms with Crippen LogP contribution in [0, 0.1) is 5.82 Å². The van der Waals surface area contributed by atoms with E-state index in [0.717, 1.165) is 11.1 Å². The molecule has 0 bridgehead atoms. The number of ether oxygens (including phenoxy) is 1. The van der Waals surface area contributed by atoms with Crippen LogP contribution < -0.4 is 4.74 Å². The van der Waals surface area contributed by atoms with E-state index in [-0.39, 0.29) is 17.0 Å². The number of hydrogen-bond donors (Lipinski definition) is 0. The Morgan fingerprint density at radius 2 is 1.96 bits per heavy atom. The summed E-state index contributed by atoms with van der Waals surface area (Å²) in [5.41, 5.74) is 1.63. The number of para-hydroxylation sites is 1. The monoisotopic (exact) mass is 371 g/mol. The number of nitrogens with zero attached hydrogens (tertiary/aromatic N) is 3. The van der Waals surface area contributed by atoms with E-state index >= 15 is 0 Å². The molecule has 1 aliphatic rings. The topological polar surface area (TPSA) is 54.3 Å². The summed E-state index contributed by atoms with van der Waals surface area (Å²) in [7, 11) is 1.59. The Labute approximate surface area is 155 Å². The van der Waals surface area contributed by atoms with Crippen molar-refractivity contribution in [3.05, 3.63) is 65.5 Å². The molecule has 0 saturated carbocycles. The molecule has 1 fully saturated rings. The quantitative estimate of drug-likeness (QED) is 0.595. The van der Waals surface area contributed by atoms with Crippen molar-refractivity contribution in [3.63, 3.8) is 0 Å². The number of halogens is 1. The number of thioether (sulfide) groups is 1. The highest BCUT2D eigenvalue weighted by atomic mass is 32.2. The average molecular weight is 371 g/mol. The van der Waals surface area contributed by atoms with Crippen LogP contribution in [0.15, 0.2) is 58.7 Å². The second kappa shape index (κ2) is 8.14. The number of amidine groups is 1. The number of benzene rings is 2. The van der Waals surface area contributed by atoms with Gasteiger partial charge in [-0.2, -0.15) is 5.10 Å². The van der Waals surface area contributed by atoms with E-state index in [2.05, 4.69) is 10.2 Å². The van der Waals surface area contributed by atoms with Gasteiger partial charge in [0.15, 0.2) is 5.17 Å². The van der Waals surface area contributed by atoms with Crippen molar-refractivity contribution in [2.24, 2.45) is 10.2 Å². The van der Waals surface area contributed by atoms with Crippen LogP contribution in [-0.4, -0.2) is 34.5 Å². The van der Waals surface area contributed by atoms with Crippen molar-refractivity contribution < 1.29 is 13.9 Å². The molecule has 1 heterocycles. The van der Waals surface area contributed by atoms with Crippen LogP contribution in [-0.2, 0) is 11.3 Å². The molecule has 0 radical (unpaired) electrons. The minimum Gasteiger partial charge on any atom is -0.496 e. The van der Waals surface area contributed by atoms with Gasteiger partial charge in [0.05, 0.1) is 25.1 Å². The first-order valence-corrected chi connectivity index (χ1v) is 8.93. The van der Waals surface area contributed by atoms with Crippen molar-refractivity contribution in [1.29, 1.82) is 0 Å². The zero-order valence-corrected chi connectivity index (χ0v) is 15.2. The number of methoxy groups -OCH3 is 1. The lowest BCUT2D eigenvalue weighted by molar-refractivity contribution is -0.126. The van der Waals surface area contributed by atoms with Crippen LogP contribution in [0.3, 0.4) is 0 Å². The summed E-state index contributed by atoms with van der Waals surface area (Å²) < 4.78 is 18.3. The molecule has 26 heavy (non-hydrogen) atoms. The Bertz CT molecular complexity index is 852. The zero-order chi connectivity index (χ0) is 18.5. The molecule has 2 aromatic carbocycles. The highest BCUT2D eigenvalue weighted by Crippen LogP contribution is 2.28. The van der Waals surface area contributed by atoms with Gasteiger partial charge in [-0.25, -0.2) is 4.39 Å². The lowest BCUT2D eigenvalue weighted by Crippen LogP contribution is -2.30. The predicted molar refractivity (Wildman–Crippen MR) is 102 cm³/mol. The number of rotatable bonds is 5. The van der Waals surface area contributed by atoms with E-state index in [0.29, 0.717) is 17.5 Å². The van der Waals surface area contributed by atoms with Crippen molar-refractivity contribution in [3.8, 4) is 5.75 Å². The standard InChI is InChI=1S/C19H18FN3O2S/c1-13-18(24)23(12-14-7-9-16(20)10-8-14)19(26-13)22-21-11-15-5-3-4-6-17(15)25-2/h3-11,13H,12H2,1-2H3. The molecule has 0 aromatic heterocycles. The molecule has 1 amide bonds. The van der Waals surface area contributed by atoms with E-state index in [1.54, 1.807) is 30.4 Å². The summed E-state index contributed by atoms with van der Waals surface area (Å²) in [6, 6.07) is 13.5. The van der Waals surface area contributed by atoms with Gasteiger partial charge in [-0.3, -0.25) is 9.69 Å². The Morgan fingerprint density at radius 1 is 1.23 bits per heavy atom. The lowest BCUT2D eigenvalue weighted by atomic mass is 10.2. The molecular weight excluding hydrogens is 353 g/mol. The molecular formula is C19H18FN3O2S. The fraction of sp³-hybridized carbons (Fsp3) is 0.211. The van der Waals surface area contributed by atoms with E-state index in [1.165, 1.54) is 23.9 Å². The molecule has 1 unspecified atom stereocenters. The first kappa shape index (κ1) is 18.1. The second-order valence-corrected chi connectivity index (χ2v) is 6.99. The van der Waals surface area contributed by atoms with Gasteiger partial charge in [0.25, 0.3) is 0 Å². The largest absolute Gasteiger partial charge is 0.496 e. The van der Waals surface area contributed by atoms with Crippen molar-refractivity contribution >= 4 is 29.1 Å². The van der Waals surface area contributed by atoms with E-state index in [9.17, 15) is 9.18 Å². The average Bonchev–Trinajstić information content (AvgIpc) is 2.91. The van der Waals surface area contributed by atoms with E-state index < -0.39 is 0 Å². The van der Waals surface area contributed by atoms with Gasteiger partial charge in [0.1, 0.15) is 11.6 Å². The number of carbonyl (C=O) groups excluding carboxylic acids is 1. The summed E-state index contributed by atoms with van der Waals surface area (Å²) in [5, 5.41) is 8.63. The predicted octanol–water partition coefficient (Wildman–Crippen LogP) is 3.69. The third kappa shape index (κ3) is 4.11. The normalized spacial score (nSPS) is 18.9. The molecule has 5 nitrogen and oxygen atoms in total. The van der Waals surface area contributed by atoms with Crippen LogP contribution >= 0.6 is 11.8 Å². The van der Waals surface area contributed by atoms with Crippen molar-refractivity contribution in [1.82, 2.24) is 4.90 Å². The van der Waals surface area contributed by atoms with Crippen LogP contribution in [0.25, 0.3) is 0 Å². The highest BCUT2D eigenvalue weighted by molar-refractivity contribution is 8.15. The zero-order valence-electron chi connectivity index (χ0n) is 14.4. The van der Waals surface area contributed by atoms with Crippen LogP contribution in [0.5, 0.6) is 5.75 Å². The maximum absolute atomic E-state index is 13.1. The van der Waals surface area contributed by atoms with Gasteiger partial charge < -0.3 is 4.74 Å². The maximum Gasteiger partial charge on any atom is 0.242 e. The van der Waals surface area contributed by atoms with Gasteiger partial charge >= 0.3 is 0 Å². The minimum atomic E-state index is -0.306. The lowest BCUT2D eigenvalue weighted by Gasteiger charge is -2.15. The molecule has 0 aliphatic carbocycles. The fourth-order valence-electron chi connectivity index (χ4n) is 2.49. The third-order valence-electron chi connectivity index (χ3n) is 3.86. The summed E-state index contributed by atoms with van der Waals surface area (Å²) in [5.74, 6) is 0.355. The van der Waals surface area contributed by atoms with Crippen LogP contribution in [0.1, 0.15) is 18.1 Å². The second-order valence-electron chi connectivity index (χ2n) is 5.68. The first-order valence-electron chi connectivity index (χ1n) is 8.05. The summed E-state index contributed by atoms with van der Waals surface area (Å²) in [4.78, 5) is 14.0. The first-order chi connectivity index (χ1) is 12.6. The molecule has 2 aromatic rings. The summed E-state index contributed by atoms with van der Waals surface area (Å²) in [6.07, 6.45) is 1.59. The van der Waals surface area contributed by atoms with Gasteiger partial charge in [-0.05, 0) is 36.8 Å². The Kier molecular flexibility index (Phi) is 5.68. The van der Waals surface area contributed by atoms with Crippen molar-refractivity contribution in [2.75, 3.05) is 7.11 Å². The fourth-order valence-corrected chi connectivity index (χ4v) is 3.42. The van der Waals surface area contributed by atoms with E-state index in [1.807, 2.05) is 31.2 Å². The molecule has 0 spiro atoms. The number of amides is 1. The molecule has 134 valence electrons. The number of hydrogen-bond acceptors (Lipinski definition) is 5. The van der Waals surface area contributed by atoms with Crippen molar-refractivity contribution in [2.45, 2.75) is 18.7 Å².